The second kappa shape index (κ2) is 7.27. The monoisotopic (exact) mass is 374 g/mol. The molecule has 2 fully saturated rings. The molecule has 0 bridgehead atoms. The van der Waals surface area contributed by atoms with Crippen molar-refractivity contribution >= 4 is 23.5 Å². The second-order valence-electron chi connectivity index (χ2n) is 7.01. The summed E-state index contributed by atoms with van der Waals surface area (Å²) in [4.78, 5) is 17.2. The van der Waals surface area contributed by atoms with Gasteiger partial charge in [-0.25, -0.2) is 0 Å². The fourth-order valence-corrected chi connectivity index (χ4v) is 3.67. The Morgan fingerprint density at radius 3 is 2.46 bits per heavy atom. The Kier molecular flexibility index (Phi) is 4.85. The first-order chi connectivity index (χ1) is 12.7. The van der Waals surface area contributed by atoms with E-state index in [1.165, 1.54) is 0 Å². The number of benzene rings is 1. The standard InChI is InChI=1S/C19H23ClN4O2/c1-2-16-21-22-19(26-16)24-11-9-23(10-12-24)18(25)17(13-3-4-13)14-5-7-15(20)8-6-14/h5-8,13,17H,2-4,9-12H2,1H3. The number of hydrogen-bond donors (Lipinski definition) is 0. The first-order valence-electron chi connectivity index (χ1n) is 9.27. The van der Waals surface area contributed by atoms with Gasteiger partial charge in [0.25, 0.3) is 0 Å². The summed E-state index contributed by atoms with van der Waals surface area (Å²) in [5.74, 6) is 1.29. The third kappa shape index (κ3) is 3.56. The average molecular weight is 375 g/mol. The highest BCUT2D eigenvalue weighted by atomic mass is 35.5. The lowest BCUT2D eigenvalue weighted by molar-refractivity contribution is -0.133. The molecule has 1 aromatic carbocycles. The van der Waals surface area contributed by atoms with E-state index >= 15 is 0 Å². The molecular formula is C19H23ClN4O2. The Balaban J connectivity index is 1.42. The number of carbonyl (C=O) groups excluding carboxylic acids is 1. The van der Waals surface area contributed by atoms with E-state index in [4.69, 9.17) is 16.0 Å². The van der Waals surface area contributed by atoms with Crippen molar-refractivity contribution in [3.8, 4) is 0 Å². The van der Waals surface area contributed by atoms with Crippen LogP contribution >= 0.6 is 11.6 Å². The van der Waals surface area contributed by atoms with Crippen molar-refractivity contribution in [2.75, 3.05) is 31.1 Å². The molecule has 0 radical (unpaired) electrons. The number of rotatable bonds is 5. The number of amides is 1. The van der Waals surface area contributed by atoms with Gasteiger partial charge in [-0.1, -0.05) is 35.8 Å². The Morgan fingerprint density at radius 2 is 1.88 bits per heavy atom. The van der Waals surface area contributed by atoms with Gasteiger partial charge >= 0.3 is 6.01 Å². The number of halogens is 1. The van der Waals surface area contributed by atoms with Crippen LogP contribution in [0.4, 0.5) is 6.01 Å². The minimum Gasteiger partial charge on any atom is -0.408 e. The molecule has 1 aromatic heterocycles. The number of hydrogen-bond acceptors (Lipinski definition) is 5. The molecule has 0 N–H and O–H groups in total. The van der Waals surface area contributed by atoms with Gasteiger partial charge in [0.2, 0.25) is 11.8 Å². The summed E-state index contributed by atoms with van der Waals surface area (Å²) in [6, 6.07) is 8.29. The van der Waals surface area contributed by atoms with Gasteiger partial charge in [0, 0.05) is 37.6 Å². The van der Waals surface area contributed by atoms with E-state index in [0.29, 0.717) is 35.9 Å². The van der Waals surface area contributed by atoms with Crippen LogP contribution in [0.5, 0.6) is 0 Å². The second-order valence-corrected chi connectivity index (χ2v) is 7.45. The fourth-order valence-electron chi connectivity index (χ4n) is 3.55. The summed E-state index contributed by atoms with van der Waals surface area (Å²) in [6.07, 6.45) is 2.98. The molecule has 1 saturated carbocycles. The molecule has 138 valence electrons. The van der Waals surface area contributed by atoms with Gasteiger partial charge in [-0.2, -0.15) is 0 Å². The highest BCUT2D eigenvalue weighted by Gasteiger charge is 2.40. The first-order valence-corrected chi connectivity index (χ1v) is 9.65. The zero-order valence-corrected chi connectivity index (χ0v) is 15.7. The summed E-state index contributed by atoms with van der Waals surface area (Å²) < 4.78 is 5.63. The summed E-state index contributed by atoms with van der Waals surface area (Å²) in [5, 5.41) is 8.83. The molecule has 1 aliphatic carbocycles. The average Bonchev–Trinajstić information content (AvgIpc) is 3.38. The van der Waals surface area contributed by atoms with Crippen molar-refractivity contribution in [2.24, 2.45) is 5.92 Å². The van der Waals surface area contributed by atoms with Crippen molar-refractivity contribution in [1.82, 2.24) is 15.1 Å². The zero-order chi connectivity index (χ0) is 18.1. The maximum absolute atomic E-state index is 13.2. The lowest BCUT2D eigenvalue weighted by Gasteiger charge is -2.35. The number of aryl methyl sites for hydroxylation is 1. The summed E-state index contributed by atoms with van der Waals surface area (Å²) in [5.41, 5.74) is 1.08. The van der Waals surface area contributed by atoms with Gasteiger partial charge in [0.15, 0.2) is 0 Å². The maximum Gasteiger partial charge on any atom is 0.318 e. The fraction of sp³-hybridized carbons (Fsp3) is 0.526. The molecule has 2 aromatic rings. The van der Waals surface area contributed by atoms with Crippen LogP contribution in [-0.4, -0.2) is 47.2 Å². The highest BCUT2D eigenvalue weighted by Crippen LogP contribution is 2.44. The van der Waals surface area contributed by atoms with E-state index in [1.54, 1.807) is 0 Å². The van der Waals surface area contributed by atoms with Crippen molar-refractivity contribution < 1.29 is 9.21 Å². The molecule has 2 aliphatic rings. The molecule has 1 atom stereocenters. The maximum atomic E-state index is 13.2. The van der Waals surface area contributed by atoms with Crippen LogP contribution in [0.25, 0.3) is 0 Å². The number of carbonyl (C=O) groups is 1. The summed E-state index contributed by atoms with van der Waals surface area (Å²) >= 11 is 6.01. The minimum atomic E-state index is -0.0473. The molecule has 26 heavy (non-hydrogen) atoms. The van der Waals surface area contributed by atoms with Crippen molar-refractivity contribution in [3.63, 3.8) is 0 Å². The third-order valence-corrected chi connectivity index (χ3v) is 5.46. The molecule has 0 spiro atoms. The highest BCUT2D eigenvalue weighted by molar-refractivity contribution is 6.30. The minimum absolute atomic E-state index is 0.0473. The number of piperazine rings is 1. The normalized spacial score (nSPS) is 18.8. The first kappa shape index (κ1) is 17.3. The van der Waals surface area contributed by atoms with Crippen molar-refractivity contribution in [1.29, 1.82) is 0 Å². The molecule has 2 heterocycles. The summed E-state index contributed by atoms with van der Waals surface area (Å²) in [6.45, 7) is 4.78. The van der Waals surface area contributed by atoms with Crippen LogP contribution in [-0.2, 0) is 11.2 Å². The van der Waals surface area contributed by atoms with Gasteiger partial charge < -0.3 is 14.2 Å². The molecular weight excluding hydrogens is 352 g/mol. The van der Waals surface area contributed by atoms with Crippen LogP contribution in [0.15, 0.2) is 28.7 Å². The smallest absolute Gasteiger partial charge is 0.318 e. The van der Waals surface area contributed by atoms with Crippen LogP contribution in [0.1, 0.15) is 37.1 Å². The van der Waals surface area contributed by atoms with Gasteiger partial charge in [-0.15, -0.1) is 5.10 Å². The molecule has 4 rings (SSSR count). The van der Waals surface area contributed by atoms with Gasteiger partial charge in [0.05, 0.1) is 5.92 Å². The van der Waals surface area contributed by atoms with E-state index in [2.05, 4.69) is 15.1 Å². The van der Waals surface area contributed by atoms with Crippen molar-refractivity contribution in [2.45, 2.75) is 32.1 Å². The zero-order valence-electron chi connectivity index (χ0n) is 14.9. The molecule has 1 aliphatic heterocycles. The Bertz CT molecular complexity index is 764. The molecule has 6 nitrogen and oxygen atoms in total. The van der Waals surface area contributed by atoms with E-state index in [0.717, 1.165) is 37.9 Å². The molecule has 1 amide bonds. The van der Waals surface area contributed by atoms with Crippen LogP contribution in [0, 0.1) is 5.92 Å². The predicted octanol–water partition coefficient (Wildman–Crippen LogP) is 3.13. The SMILES string of the molecule is CCc1nnc(N2CCN(C(=O)C(c3ccc(Cl)cc3)C3CC3)CC2)o1. The molecule has 7 heteroatoms. The largest absolute Gasteiger partial charge is 0.408 e. The lowest BCUT2D eigenvalue weighted by Crippen LogP contribution is -2.50. The van der Waals surface area contributed by atoms with Crippen LogP contribution in [0.2, 0.25) is 5.02 Å². The van der Waals surface area contributed by atoms with Crippen molar-refractivity contribution in [3.05, 3.63) is 40.7 Å². The van der Waals surface area contributed by atoms with E-state index < -0.39 is 0 Å². The van der Waals surface area contributed by atoms with Gasteiger partial charge in [-0.3, -0.25) is 4.79 Å². The Hall–Kier alpha value is -2.08. The lowest BCUT2D eigenvalue weighted by atomic mass is 9.92. The molecule has 1 saturated heterocycles. The van der Waals surface area contributed by atoms with Gasteiger partial charge in [-0.05, 0) is 36.5 Å². The number of nitrogens with zero attached hydrogens (tertiary/aromatic N) is 4. The van der Waals surface area contributed by atoms with Crippen LogP contribution in [0.3, 0.4) is 0 Å². The number of aromatic nitrogens is 2. The Labute approximate surface area is 158 Å². The van der Waals surface area contributed by atoms with Gasteiger partial charge in [0.1, 0.15) is 0 Å². The number of anilines is 1. The van der Waals surface area contributed by atoms with Crippen LogP contribution < -0.4 is 4.90 Å². The molecule has 1 unspecified atom stereocenters. The topological polar surface area (TPSA) is 62.5 Å². The van der Waals surface area contributed by atoms with E-state index in [9.17, 15) is 4.79 Å². The predicted molar refractivity (Wildman–Crippen MR) is 99.4 cm³/mol. The summed E-state index contributed by atoms with van der Waals surface area (Å²) in [7, 11) is 0. The quantitative estimate of drug-likeness (QED) is 0.804. The third-order valence-electron chi connectivity index (χ3n) is 5.21. The van der Waals surface area contributed by atoms with E-state index in [-0.39, 0.29) is 11.8 Å². The Morgan fingerprint density at radius 1 is 1.19 bits per heavy atom. The van der Waals surface area contributed by atoms with E-state index in [1.807, 2.05) is 36.1 Å².